The lowest BCUT2D eigenvalue weighted by Crippen LogP contribution is -2.23. The Morgan fingerprint density at radius 3 is 2.61 bits per heavy atom. The summed E-state index contributed by atoms with van der Waals surface area (Å²) in [5.74, 6) is -3.87. The Bertz CT molecular complexity index is 414. The van der Waals surface area contributed by atoms with Crippen LogP contribution in [-0.4, -0.2) is 27.1 Å². The highest BCUT2D eigenvalue weighted by atomic mass is 16.4. The third-order valence-corrected chi connectivity index (χ3v) is 2.45. The number of unbranched alkanes of at least 4 members (excludes halogenated alkanes) is 1. The fourth-order valence-electron chi connectivity index (χ4n) is 1.49. The smallest absolute Gasteiger partial charge is 0.317 e. The van der Waals surface area contributed by atoms with Crippen LogP contribution in [0.3, 0.4) is 0 Å². The van der Waals surface area contributed by atoms with Crippen LogP contribution in [0.25, 0.3) is 6.08 Å². The predicted molar refractivity (Wildman–Crippen MR) is 65.9 cm³/mol. The minimum absolute atomic E-state index is 0.141. The van der Waals surface area contributed by atoms with Crippen molar-refractivity contribution in [1.82, 2.24) is 4.98 Å². The van der Waals surface area contributed by atoms with Gasteiger partial charge in [0.1, 0.15) is 0 Å². The molecule has 0 saturated carbocycles. The summed E-state index contributed by atoms with van der Waals surface area (Å²) >= 11 is 0. The topological polar surface area (TPSA) is 87.5 Å². The summed E-state index contributed by atoms with van der Waals surface area (Å²) in [5.41, 5.74) is 0.963. The van der Waals surface area contributed by atoms with Gasteiger partial charge in [-0.15, -0.1) is 0 Å². The van der Waals surface area contributed by atoms with E-state index in [9.17, 15) is 9.59 Å². The number of nitrogens with zero attached hydrogens (tertiary/aromatic N) is 1. The van der Waals surface area contributed by atoms with Crippen LogP contribution in [0.5, 0.6) is 0 Å². The lowest BCUT2D eigenvalue weighted by atomic mass is 10.0. The number of aliphatic carboxylic acids is 2. The molecule has 1 aromatic heterocycles. The zero-order valence-corrected chi connectivity index (χ0v) is 9.82. The Labute approximate surface area is 105 Å². The van der Waals surface area contributed by atoms with Crippen molar-refractivity contribution in [1.29, 1.82) is 0 Å². The summed E-state index contributed by atoms with van der Waals surface area (Å²) < 4.78 is 0. The second-order valence-electron chi connectivity index (χ2n) is 3.85. The summed E-state index contributed by atoms with van der Waals surface area (Å²) in [6, 6.07) is 3.73. The van der Waals surface area contributed by atoms with Gasteiger partial charge in [0.15, 0.2) is 5.92 Å². The fraction of sp³-hybridized carbons (Fsp3) is 0.308. The predicted octanol–water partition coefficient (Wildman–Crippen LogP) is 2.05. The highest BCUT2D eigenvalue weighted by molar-refractivity contribution is 5.92. The maximum absolute atomic E-state index is 10.6. The minimum Gasteiger partial charge on any atom is -0.481 e. The van der Waals surface area contributed by atoms with Crippen LogP contribution in [-0.2, 0) is 9.59 Å². The number of hydrogen-bond acceptors (Lipinski definition) is 3. The average molecular weight is 249 g/mol. The SMILES string of the molecule is O=C(O)C(CCC/C=C/c1cccnc1)C(=O)O. The van der Waals surface area contributed by atoms with Crippen molar-refractivity contribution in [3.8, 4) is 0 Å². The van der Waals surface area contributed by atoms with Gasteiger partial charge >= 0.3 is 11.9 Å². The van der Waals surface area contributed by atoms with E-state index in [1.165, 1.54) is 0 Å². The molecule has 0 radical (unpaired) electrons. The molecule has 1 aromatic rings. The molecule has 0 atom stereocenters. The highest BCUT2D eigenvalue weighted by Gasteiger charge is 2.24. The molecule has 0 aromatic carbocycles. The molecule has 0 amide bonds. The number of carbonyl (C=O) groups is 2. The van der Waals surface area contributed by atoms with E-state index in [1.54, 1.807) is 12.4 Å². The van der Waals surface area contributed by atoms with Crippen LogP contribution in [0.15, 0.2) is 30.6 Å². The summed E-state index contributed by atoms with van der Waals surface area (Å²) in [6.45, 7) is 0. The van der Waals surface area contributed by atoms with Crippen molar-refractivity contribution >= 4 is 18.0 Å². The van der Waals surface area contributed by atoms with E-state index in [0.717, 1.165) is 5.56 Å². The Balaban J connectivity index is 2.32. The summed E-state index contributed by atoms with van der Waals surface area (Å²) in [4.78, 5) is 25.2. The second-order valence-corrected chi connectivity index (χ2v) is 3.85. The molecule has 0 spiro atoms. The van der Waals surface area contributed by atoms with Gasteiger partial charge in [-0.3, -0.25) is 14.6 Å². The molecule has 1 rings (SSSR count). The van der Waals surface area contributed by atoms with E-state index < -0.39 is 17.9 Å². The first-order chi connectivity index (χ1) is 8.61. The van der Waals surface area contributed by atoms with Gasteiger partial charge in [-0.25, -0.2) is 0 Å². The molecule has 2 N–H and O–H groups in total. The summed E-state index contributed by atoms with van der Waals surface area (Å²) in [5, 5.41) is 17.3. The molecular formula is C13H15NO4. The van der Waals surface area contributed by atoms with Crippen molar-refractivity contribution in [2.24, 2.45) is 5.92 Å². The fourth-order valence-corrected chi connectivity index (χ4v) is 1.49. The van der Waals surface area contributed by atoms with E-state index in [-0.39, 0.29) is 6.42 Å². The normalized spacial score (nSPS) is 10.9. The van der Waals surface area contributed by atoms with Gasteiger partial charge in [0.2, 0.25) is 0 Å². The third kappa shape index (κ3) is 4.78. The van der Waals surface area contributed by atoms with Gasteiger partial charge in [-0.1, -0.05) is 18.2 Å². The van der Waals surface area contributed by atoms with Crippen molar-refractivity contribution in [3.05, 3.63) is 36.2 Å². The van der Waals surface area contributed by atoms with Crippen molar-refractivity contribution in [2.45, 2.75) is 19.3 Å². The van der Waals surface area contributed by atoms with Gasteiger partial charge in [-0.05, 0) is 30.9 Å². The molecule has 96 valence electrons. The van der Waals surface area contributed by atoms with Gasteiger partial charge in [-0.2, -0.15) is 0 Å². The van der Waals surface area contributed by atoms with E-state index in [0.29, 0.717) is 12.8 Å². The van der Waals surface area contributed by atoms with Crippen molar-refractivity contribution < 1.29 is 19.8 Å². The maximum atomic E-state index is 10.6. The summed E-state index contributed by atoms with van der Waals surface area (Å²) in [6.07, 6.45) is 8.48. The maximum Gasteiger partial charge on any atom is 0.317 e. The van der Waals surface area contributed by atoms with E-state index >= 15 is 0 Å². The largest absolute Gasteiger partial charge is 0.481 e. The molecule has 0 aliphatic rings. The first-order valence-electron chi connectivity index (χ1n) is 5.63. The molecule has 5 nitrogen and oxygen atoms in total. The second kappa shape index (κ2) is 7.21. The van der Waals surface area contributed by atoms with Crippen LogP contribution < -0.4 is 0 Å². The van der Waals surface area contributed by atoms with E-state index in [1.807, 2.05) is 24.3 Å². The van der Waals surface area contributed by atoms with Crippen LogP contribution >= 0.6 is 0 Å². The Morgan fingerprint density at radius 2 is 2.06 bits per heavy atom. The first-order valence-corrected chi connectivity index (χ1v) is 5.63. The molecule has 0 saturated heterocycles. The number of allylic oxidation sites excluding steroid dienone is 1. The minimum atomic E-state index is -1.31. The molecule has 0 aliphatic heterocycles. The Morgan fingerprint density at radius 1 is 1.33 bits per heavy atom. The molecule has 0 unspecified atom stereocenters. The first kappa shape index (κ1) is 13.9. The van der Waals surface area contributed by atoms with Crippen molar-refractivity contribution in [2.75, 3.05) is 0 Å². The number of pyridine rings is 1. The van der Waals surface area contributed by atoms with Crippen LogP contribution in [0.1, 0.15) is 24.8 Å². The lowest BCUT2D eigenvalue weighted by Gasteiger charge is -2.05. The zero-order valence-electron chi connectivity index (χ0n) is 9.82. The zero-order chi connectivity index (χ0) is 13.4. The quantitative estimate of drug-likeness (QED) is 0.570. The number of rotatable bonds is 7. The van der Waals surface area contributed by atoms with E-state index in [2.05, 4.69) is 4.98 Å². The van der Waals surface area contributed by atoms with Gasteiger partial charge in [0, 0.05) is 12.4 Å². The molecule has 0 aliphatic carbocycles. The molecule has 0 bridgehead atoms. The van der Waals surface area contributed by atoms with E-state index in [4.69, 9.17) is 10.2 Å². The molecule has 1 heterocycles. The molecule has 5 heteroatoms. The number of carboxylic acids is 2. The number of aromatic nitrogens is 1. The highest BCUT2D eigenvalue weighted by Crippen LogP contribution is 2.10. The standard InChI is InChI=1S/C13H15NO4/c15-12(16)11(13(17)18)7-3-1-2-5-10-6-4-8-14-9-10/h2,4-6,8-9,11H,1,3,7H2,(H,15,16)(H,17,18)/b5-2+. The Hall–Kier alpha value is -2.17. The van der Waals surface area contributed by atoms with Crippen LogP contribution in [0, 0.1) is 5.92 Å². The van der Waals surface area contributed by atoms with Crippen molar-refractivity contribution in [3.63, 3.8) is 0 Å². The van der Waals surface area contributed by atoms with Crippen LogP contribution in [0.4, 0.5) is 0 Å². The van der Waals surface area contributed by atoms with Gasteiger partial charge in [0.25, 0.3) is 0 Å². The number of carboxylic acid groups (broad SMARTS) is 2. The molecule has 0 fully saturated rings. The lowest BCUT2D eigenvalue weighted by molar-refractivity contribution is -0.154. The summed E-state index contributed by atoms with van der Waals surface area (Å²) in [7, 11) is 0. The monoisotopic (exact) mass is 249 g/mol. The Kier molecular flexibility index (Phi) is 5.57. The third-order valence-electron chi connectivity index (χ3n) is 2.45. The average Bonchev–Trinajstić information content (AvgIpc) is 2.34. The van der Waals surface area contributed by atoms with Gasteiger partial charge in [0.05, 0.1) is 0 Å². The van der Waals surface area contributed by atoms with Crippen LogP contribution in [0.2, 0.25) is 0 Å². The molecule has 18 heavy (non-hydrogen) atoms. The number of hydrogen-bond donors (Lipinski definition) is 2. The van der Waals surface area contributed by atoms with Gasteiger partial charge < -0.3 is 10.2 Å². The molecular weight excluding hydrogens is 234 g/mol.